The van der Waals surface area contributed by atoms with Gasteiger partial charge in [0.2, 0.25) is 5.82 Å². The molecule has 0 amide bonds. The number of hydrogen-bond acceptors (Lipinski definition) is 5. The molecule has 0 saturated carbocycles. The molecule has 0 aliphatic heterocycles. The lowest BCUT2D eigenvalue weighted by Crippen LogP contribution is -2.03. The van der Waals surface area contributed by atoms with Crippen molar-refractivity contribution in [2.45, 2.75) is 6.54 Å². The average molecular weight is 232 g/mol. The molecule has 0 aliphatic rings. The molecule has 0 unspecified atom stereocenters. The lowest BCUT2D eigenvalue weighted by Gasteiger charge is -1.98. The number of carbonyl (C=O) groups is 1. The van der Waals surface area contributed by atoms with Gasteiger partial charge in [-0.15, -0.1) is 0 Å². The van der Waals surface area contributed by atoms with E-state index in [1.807, 2.05) is 24.3 Å². The minimum Gasteiger partial charge on any atom is -0.463 e. The van der Waals surface area contributed by atoms with E-state index in [1.54, 1.807) is 0 Å². The van der Waals surface area contributed by atoms with E-state index in [1.165, 1.54) is 7.11 Å². The number of methoxy groups -OCH3 is 1. The summed E-state index contributed by atoms with van der Waals surface area (Å²) in [6.45, 7) is 0.447. The van der Waals surface area contributed by atoms with Gasteiger partial charge in [-0.1, -0.05) is 18.2 Å². The first kappa shape index (κ1) is 11.3. The molecule has 88 valence electrons. The molecule has 2 aromatic rings. The van der Waals surface area contributed by atoms with Crippen molar-refractivity contribution in [3.63, 3.8) is 0 Å². The summed E-state index contributed by atoms with van der Waals surface area (Å²) in [6.07, 6.45) is 0. The van der Waals surface area contributed by atoms with Crippen molar-refractivity contribution >= 4 is 5.97 Å². The molecule has 0 aliphatic carbocycles. The zero-order chi connectivity index (χ0) is 12.3. The van der Waals surface area contributed by atoms with Gasteiger partial charge < -0.3 is 10.5 Å². The highest BCUT2D eigenvalue weighted by Crippen LogP contribution is 2.16. The molecule has 1 aromatic carbocycles. The van der Waals surface area contributed by atoms with Crippen LogP contribution in [0.4, 0.5) is 0 Å². The van der Waals surface area contributed by atoms with Gasteiger partial charge in [0.15, 0.2) is 5.82 Å². The number of nitrogens with two attached hydrogens (primary N) is 1. The summed E-state index contributed by atoms with van der Waals surface area (Å²) in [7, 11) is 1.29. The number of esters is 1. The Morgan fingerprint density at radius 1 is 1.53 bits per heavy atom. The fourth-order valence-electron chi connectivity index (χ4n) is 1.42. The normalized spacial score (nSPS) is 10.2. The highest BCUT2D eigenvalue weighted by Gasteiger charge is 2.12. The lowest BCUT2D eigenvalue weighted by molar-refractivity contribution is 0.0587. The molecule has 0 saturated heterocycles. The standard InChI is InChI=1S/C11H12N4O2/c1-17-11(16)10-13-9(14-15-10)8-4-2-3-7(5-8)6-12/h2-5H,6,12H2,1H3,(H,13,14,15). The second-order valence-corrected chi connectivity index (χ2v) is 3.40. The SMILES string of the molecule is COC(=O)c1nc(-c2cccc(CN)c2)n[nH]1. The zero-order valence-corrected chi connectivity index (χ0v) is 9.30. The Hall–Kier alpha value is -2.21. The third-order valence-corrected chi connectivity index (χ3v) is 2.29. The molecule has 0 bridgehead atoms. The summed E-state index contributed by atoms with van der Waals surface area (Å²) in [6, 6.07) is 7.51. The van der Waals surface area contributed by atoms with Crippen molar-refractivity contribution in [1.29, 1.82) is 0 Å². The first-order valence-electron chi connectivity index (χ1n) is 5.04. The summed E-state index contributed by atoms with van der Waals surface area (Å²) in [4.78, 5) is 15.2. The summed E-state index contributed by atoms with van der Waals surface area (Å²) in [5, 5.41) is 6.48. The quantitative estimate of drug-likeness (QED) is 0.760. The Bertz CT molecular complexity index is 536. The second-order valence-electron chi connectivity index (χ2n) is 3.40. The molecular weight excluding hydrogens is 220 g/mol. The van der Waals surface area contributed by atoms with Crippen LogP contribution in [0, 0.1) is 0 Å². The molecule has 1 aromatic heterocycles. The number of ether oxygens (including phenoxy) is 1. The Labute approximate surface area is 97.8 Å². The Balaban J connectivity index is 2.33. The van der Waals surface area contributed by atoms with Crippen molar-refractivity contribution in [1.82, 2.24) is 15.2 Å². The van der Waals surface area contributed by atoms with Crippen molar-refractivity contribution in [2.75, 3.05) is 7.11 Å². The average Bonchev–Trinajstić information content (AvgIpc) is 2.87. The zero-order valence-electron chi connectivity index (χ0n) is 9.30. The third kappa shape index (κ3) is 2.31. The van der Waals surface area contributed by atoms with Crippen molar-refractivity contribution < 1.29 is 9.53 Å². The second kappa shape index (κ2) is 4.75. The van der Waals surface area contributed by atoms with Crippen LogP contribution in [-0.4, -0.2) is 28.3 Å². The molecule has 1 heterocycles. The number of carbonyl (C=O) groups excluding carboxylic acids is 1. The van der Waals surface area contributed by atoms with Crippen LogP contribution in [0.25, 0.3) is 11.4 Å². The molecule has 0 spiro atoms. The van der Waals surface area contributed by atoms with Gasteiger partial charge in [0.05, 0.1) is 7.11 Å². The Kier molecular flexibility index (Phi) is 3.15. The van der Waals surface area contributed by atoms with Crippen LogP contribution in [0.15, 0.2) is 24.3 Å². The number of aromatic nitrogens is 3. The van der Waals surface area contributed by atoms with Crippen molar-refractivity contribution in [2.24, 2.45) is 5.73 Å². The van der Waals surface area contributed by atoms with E-state index in [2.05, 4.69) is 19.9 Å². The van der Waals surface area contributed by atoms with Crippen molar-refractivity contribution in [3.8, 4) is 11.4 Å². The van der Waals surface area contributed by atoms with E-state index in [-0.39, 0.29) is 5.82 Å². The van der Waals surface area contributed by atoms with Gasteiger partial charge >= 0.3 is 5.97 Å². The largest absolute Gasteiger partial charge is 0.463 e. The van der Waals surface area contributed by atoms with E-state index in [0.29, 0.717) is 12.4 Å². The van der Waals surface area contributed by atoms with Crippen LogP contribution in [0.5, 0.6) is 0 Å². The Morgan fingerprint density at radius 2 is 2.35 bits per heavy atom. The predicted molar refractivity (Wildman–Crippen MR) is 61.0 cm³/mol. The molecule has 2 rings (SSSR count). The van der Waals surface area contributed by atoms with Crippen LogP contribution >= 0.6 is 0 Å². The molecule has 17 heavy (non-hydrogen) atoms. The topological polar surface area (TPSA) is 93.9 Å². The summed E-state index contributed by atoms with van der Waals surface area (Å²) in [5.41, 5.74) is 7.33. The van der Waals surface area contributed by atoms with Crippen LogP contribution in [0.3, 0.4) is 0 Å². The van der Waals surface area contributed by atoms with Gasteiger partial charge in [0.1, 0.15) is 0 Å². The number of nitrogens with one attached hydrogen (secondary N) is 1. The maximum atomic E-state index is 11.2. The summed E-state index contributed by atoms with van der Waals surface area (Å²) < 4.78 is 4.54. The third-order valence-electron chi connectivity index (χ3n) is 2.29. The van der Waals surface area contributed by atoms with Gasteiger partial charge in [0, 0.05) is 12.1 Å². The van der Waals surface area contributed by atoms with Gasteiger partial charge in [-0.05, 0) is 11.6 Å². The molecule has 0 fully saturated rings. The number of rotatable bonds is 3. The molecule has 6 nitrogen and oxygen atoms in total. The van der Waals surface area contributed by atoms with Crippen molar-refractivity contribution in [3.05, 3.63) is 35.7 Å². The fourth-order valence-corrected chi connectivity index (χ4v) is 1.42. The number of nitrogens with zero attached hydrogens (tertiary/aromatic N) is 2. The minimum absolute atomic E-state index is 0.0839. The van der Waals surface area contributed by atoms with E-state index in [9.17, 15) is 4.79 Å². The van der Waals surface area contributed by atoms with Gasteiger partial charge in [-0.25, -0.2) is 9.78 Å². The molecule has 3 N–H and O–H groups in total. The predicted octanol–water partition coefficient (Wildman–Crippen LogP) is 0.717. The molecule has 0 radical (unpaired) electrons. The van der Waals surface area contributed by atoms with E-state index < -0.39 is 5.97 Å². The first-order valence-corrected chi connectivity index (χ1v) is 5.04. The summed E-state index contributed by atoms with van der Waals surface area (Å²) >= 11 is 0. The highest BCUT2D eigenvalue weighted by atomic mass is 16.5. The van der Waals surface area contributed by atoms with Gasteiger partial charge in [0.25, 0.3) is 0 Å². The van der Waals surface area contributed by atoms with Gasteiger partial charge in [-0.3, -0.25) is 5.10 Å². The molecule has 0 atom stereocenters. The summed E-state index contributed by atoms with van der Waals surface area (Å²) in [5.74, 6) is -0.0138. The number of H-pyrrole nitrogens is 1. The highest BCUT2D eigenvalue weighted by molar-refractivity contribution is 5.85. The van der Waals surface area contributed by atoms with E-state index in [0.717, 1.165) is 11.1 Å². The molecule has 6 heteroatoms. The lowest BCUT2D eigenvalue weighted by atomic mass is 10.1. The maximum absolute atomic E-state index is 11.2. The monoisotopic (exact) mass is 232 g/mol. The number of benzene rings is 1. The van der Waals surface area contributed by atoms with Crippen LogP contribution < -0.4 is 5.73 Å². The number of hydrogen-bond donors (Lipinski definition) is 2. The first-order chi connectivity index (χ1) is 8.24. The molecular formula is C11H12N4O2. The number of aromatic amines is 1. The van der Waals surface area contributed by atoms with E-state index in [4.69, 9.17) is 5.73 Å². The fraction of sp³-hybridized carbons (Fsp3) is 0.182. The van der Waals surface area contributed by atoms with E-state index >= 15 is 0 Å². The smallest absolute Gasteiger partial charge is 0.375 e. The van der Waals surface area contributed by atoms with Crippen LogP contribution in [0.1, 0.15) is 16.2 Å². The Morgan fingerprint density at radius 3 is 3.06 bits per heavy atom. The minimum atomic E-state index is -0.543. The van der Waals surface area contributed by atoms with Crippen LogP contribution in [0.2, 0.25) is 0 Å². The maximum Gasteiger partial charge on any atom is 0.375 e. The van der Waals surface area contributed by atoms with Gasteiger partial charge in [-0.2, -0.15) is 5.10 Å². The van der Waals surface area contributed by atoms with Crippen LogP contribution in [-0.2, 0) is 11.3 Å².